The molecule has 9 heteroatoms. The highest BCUT2D eigenvalue weighted by Gasteiger charge is 2.26. The van der Waals surface area contributed by atoms with Crippen molar-refractivity contribution in [1.29, 1.82) is 0 Å². The molecular formula is C25H34ClN3O4S. The first-order chi connectivity index (χ1) is 15.9. The summed E-state index contributed by atoms with van der Waals surface area (Å²) in [4.78, 5) is 27.3. The smallest absolute Gasteiger partial charge is 0.242 e. The van der Waals surface area contributed by atoms with Crippen molar-refractivity contribution in [2.75, 3.05) is 23.7 Å². The number of sulfonamides is 1. The Kier molecular flexibility index (Phi) is 9.94. The maximum Gasteiger partial charge on any atom is 0.242 e. The largest absolute Gasteiger partial charge is 0.355 e. The lowest BCUT2D eigenvalue weighted by atomic mass is 10.1. The van der Waals surface area contributed by atoms with Gasteiger partial charge in [-0.2, -0.15) is 0 Å². The van der Waals surface area contributed by atoms with E-state index < -0.39 is 16.1 Å². The molecule has 2 aromatic carbocycles. The summed E-state index contributed by atoms with van der Waals surface area (Å²) in [6.07, 6.45) is 1.53. The zero-order chi connectivity index (χ0) is 25.5. The predicted molar refractivity (Wildman–Crippen MR) is 137 cm³/mol. The van der Waals surface area contributed by atoms with Crippen molar-refractivity contribution >= 4 is 39.1 Å². The number of aryl methyl sites for hydroxylation is 2. The Labute approximate surface area is 208 Å². The zero-order valence-corrected chi connectivity index (χ0v) is 22.0. The van der Waals surface area contributed by atoms with Crippen LogP contribution < -0.4 is 9.62 Å². The average molecular weight is 508 g/mol. The van der Waals surface area contributed by atoms with Crippen LogP contribution in [0.3, 0.4) is 0 Å². The minimum absolute atomic E-state index is 0.0984. The maximum absolute atomic E-state index is 13.2. The Bertz CT molecular complexity index is 1120. The molecule has 0 bridgehead atoms. The number of nitrogens with one attached hydrogen (secondary N) is 1. The van der Waals surface area contributed by atoms with Gasteiger partial charge in [0.05, 0.1) is 11.9 Å². The molecule has 0 spiro atoms. The highest BCUT2D eigenvalue weighted by Crippen LogP contribution is 2.27. The molecule has 2 aromatic rings. The molecule has 2 amide bonds. The van der Waals surface area contributed by atoms with Crippen LogP contribution in [0.2, 0.25) is 5.02 Å². The number of anilines is 1. The van der Waals surface area contributed by atoms with Gasteiger partial charge in [-0.05, 0) is 57.4 Å². The van der Waals surface area contributed by atoms with Crippen LogP contribution in [-0.4, -0.2) is 50.5 Å². The Morgan fingerprint density at radius 2 is 1.82 bits per heavy atom. The molecule has 0 aliphatic heterocycles. The van der Waals surface area contributed by atoms with E-state index in [-0.39, 0.29) is 24.8 Å². The van der Waals surface area contributed by atoms with E-state index in [2.05, 4.69) is 5.32 Å². The van der Waals surface area contributed by atoms with E-state index in [9.17, 15) is 18.0 Å². The van der Waals surface area contributed by atoms with E-state index in [0.29, 0.717) is 30.2 Å². The van der Waals surface area contributed by atoms with Gasteiger partial charge in [-0.1, -0.05) is 47.5 Å². The Morgan fingerprint density at radius 3 is 2.44 bits per heavy atom. The fourth-order valence-electron chi connectivity index (χ4n) is 3.75. The summed E-state index contributed by atoms with van der Waals surface area (Å²) >= 11 is 6.10. The molecule has 0 heterocycles. The second-order valence-electron chi connectivity index (χ2n) is 8.45. The molecule has 2 rings (SSSR count). The molecule has 1 N–H and O–H groups in total. The van der Waals surface area contributed by atoms with Gasteiger partial charge in [0.2, 0.25) is 21.8 Å². The minimum atomic E-state index is -3.58. The second kappa shape index (κ2) is 12.2. The monoisotopic (exact) mass is 507 g/mol. The van der Waals surface area contributed by atoms with Crippen molar-refractivity contribution < 1.29 is 18.0 Å². The Morgan fingerprint density at radius 1 is 1.12 bits per heavy atom. The third-order valence-corrected chi connectivity index (χ3v) is 6.96. The van der Waals surface area contributed by atoms with Crippen LogP contribution in [-0.2, 0) is 26.2 Å². The molecule has 7 nitrogen and oxygen atoms in total. The van der Waals surface area contributed by atoms with E-state index in [1.54, 1.807) is 30.0 Å². The van der Waals surface area contributed by atoms with Crippen LogP contribution in [0.1, 0.15) is 43.4 Å². The molecular weight excluding hydrogens is 474 g/mol. The highest BCUT2D eigenvalue weighted by molar-refractivity contribution is 7.92. The summed E-state index contributed by atoms with van der Waals surface area (Å²) in [5, 5.41) is 3.21. The lowest BCUT2D eigenvalue weighted by Gasteiger charge is -2.29. The molecule has 0 aliphatic carbocycles. The van der Waals surface area contributed by atoms with Gasteiger partial charge in [-0.25, -0.2) is 8.42 Å². The van der Waals surface area contributed by atoms with E-state index in [1.807, 2.05) is 45.0 Å². The number of hydrogen-bond acceptors (Lipinski definition) is 4. The minimum Gasteiger partial charge on any atom is -0.355 e. The number of hydrogen-bond donors (Lipinski definition) is 1. The fraction of sp³-hybridized carbons (Fsp3) is 0.440. The number of carbonyl (C=O) groups excluding carboxylic acids is 2. The first-order valence-electron chi connectivity index (χ1n) is 11.3. The third kappa shape index (κ3) is 7.74. The van der Waals surface area contributed by atoms with Gasteiger partial charge in [0.1, 0.15) is 6.04 Å². The SMILES string of the molecule is CCNC(=O)[C@@H](C)N(Cc1cccc(C)c1)C(=O)CCCN(c1cc(Cl)ccc1C)S(C)(=O)=O. The number of likely N-dealkylation sites (N-methyl/N-ethyl adjacent to an activating group) is 1. The molecule has 0 unspecified atom stereocenters. The molecule has 0 aliphatic rings. The van der Waals surface area contributed by atoms with Crippen molar-refractivity contribution in [3.8, 4) is 0 Å². The van der Waals surface area contributed by atoms with Crippen LogP contribution in [0.4, 0.5) is 5.69 Å². The van der Waals surface area contributed by atoms with Gasteiger partial charge in [-0.3, -0.25) is 13.9 Å². The van der Waals surface area contributed by atoms with Gasteiger partial charge in [0.25, 0.3) is 0 Å². The number of halogens is 1. The van der Waals surface area contributed by atoms with E-state index in [1.165, 1.54) is 4.31 Å². The van der Waals surface area contributed by atoms with Crippen LogP contribution in [0.15, 0.2) is 42.5 Å². The van der Waals surface area contributed by atoms with Crippen LogP contribution in [0.25, 0.3) is 0 Å². The molecule has 0 saturated carbocycles. The molecule has 0 fully saturated rings. The number of carbonyl (C=O) groups is 2. The van der Waals surface area contributed by atoms with Crippen molar-refractivity contribution in [2.45, 2.75) is 53.1 Å². The van der Waals surface area contributed by atoms with Gasteiger partial charge in [0.15, 0.2) is 0 Å². The Hall–Kier alpha value is -2.58. The lowest BCUT2D eigenvalue weighted by Crippen LogP contribution is -2.47. The Balaban J connectivity index is 2.19. The zero-order valence-electron chi connectivity index (χ0n) is 20.5. The topological polar surface area (TPSA) is 86.8 Å². The summed E-state index contributed by atoms with van der Waals surface area (Å²) in [7, 11) is -3.58. The number of benzene rings is 2. The van der Waals surface area contributed by atoms with Crippen molar-refractivity contribution in [3.05, 3.63) is 64.2 Å². The number of rotatable bonds is 11. The molecule has 34 heavy (non-hydrogen) atoms. The van der Waals surface area contributed by atoms with Gasteiger partial charge in [0, 0.05) is 31.1 Å². The van der Waals surface area contributed by atoms with Gasteiger partial charge in [-0.15, -0.1) is 0 Å². The third-order valence-electron chi connectivity index (χ3n) is 5.55. The second-order valence-corrected chi connectivity index (χ2v) is 10.8. The van der Waals surface area contributed by atoms with Crippen LogP contribution in [0, 0.1) is 13.8 Å². The summed E-state index contributed by atoms with van der Waals surface area (Å²) in [5.74, 6) is -0.438. The van der Waals surface area contributed by atoms with Crippen molar-refractivity contribution in [3.63, 3.8) is 0 Å². The number of nitrogens with zero attached hydrogens (tertiary/aromatic N) is 2. The summed E-state index contributed by atoms with van der Waals surface area (Å²) < 4.78 is 26.2. The van der Waals surface area contributed by atoms with Gasteiger partial charge < -0.3 is 10.2 Å². The van der Waals surface area contributed by atoms with Crippen LogP contribution in [0.5, 0.6) is 0 Å². The van der Waals surface area contributed by atoms with Gasteiger partial charge >= 0.3 is 0 Å². The van der Waals surface area contributed by atoms with E-state index in [0.717, 1.165) is 22.9 Å². The normalized spacial score (nSPS) is 12.2. The molecule has 1 atom stereocenters. The van der Waals surface area contributed by atoms with E-state index in [4.69, 9.17) is 11.6 Å². The first kappa shape index (κ1) is 27.7. The molecule has 0 saturated heterocycles. The van der Waals surface area contributed by atoms with Crippen molar-refractivity contribution in [1.82, 2.24) is 10.2 Å². The molecule has 0 aromatic heterocycles. The summed E-state index contributed by atoms with van der Waals surface area (Å²) in [6, 6.07) is 12.2. The van der Waals surface area contributed by atoms with E-state index >= 15 is 0 Å². The van der Waals surface area contributed by atoms with Crippen molar-refractivity contribution in [2.24, 2.45) is 0 Å². The fourth-order valence-corrected chi connectivity index (χ4v) is 4.93. The maximum atomic E-state index is 13.2. The first-order valence-corrected chi connectivity index (χ1v) is 13.5. The quantitative estimate of drug-likeness (QED) is 0.497. The summed E-state index contributed by atoms with van der Waals surface area (Å²) in [5.41, 5.74) is 3.26. The standard InChI is InChI=1S/C25H34ClN3O4S/c1-6-27-25(31)20(4)28(17-21-10-7-9-18(2)15-21)24(30)11-8-14-29(34(5,32)33)23-16-22(26)13-12-19(23)3/h7,9-10,12-13,15-16,20H,6,8,11,14,17H2,1-5H3,(H,27,31)/t20-/m1/s1. The predicted octanol–water partition coefficient (Wildman–Crippen LogP) is 4.06. The number of amides is 2. The lowest BCUT2D eigenvalue weighted by molar-refractivity contribution is -0.140. The summed E-state index contributed by atoms with van der Waals surface area (Å²) in [6.45, 7) is 8.21. The van der Waals surface area contributed by atoms with Crippen LogP contribution >= 0.6 is 11.6 Å². The molecule has 0 radical (unpaired) electrons. The average Bonchev–Trinajstić information content (AvgIpc) is 2.75. The molecule has 186 valence electrons. The highest BCUT2D eigenvalue weighted by atomic mass is 35.5.